The molecule has 0 atom stereocenters. The SMILES string of the molecule is CCCCCN(c1ccc(CNC)c(C)n1)C(C)C. The third-order valence-electron chi connectivity index (χ3n) is 3.47. The topological polar surface area (TPSA) is 28.2 Å². The molecule has 1 heterocycles. The molecule has 0 aromatic carbocycles. The first-order valence-electron chi connectivity index (χ1n) is 7.47. The molecule has 1 aromatic rings. The fourth-order valence-electron chi connectivity index (χ4n) is 2.28. The molecule has 0 saturated heterocycles. The van der Waals surface area contributed by atoms with Crippen LogP contribution in [0.2, 0.25) is 0 Å². The predicted octanol–water partition coefficient (Wildman–Crippen LogP) is 3.51. The van der Waals surface area contributed by atoms with Gasteiger partial charge in [0.1, 0.15) is 5.82 Å². The Morgan fingerprint density at radius 3 is 2.53 bits per heavy atom. The number of anilines is 1. The van der Waals surface area contributed by atoms with Crippen molar-refractivity contribution in [2.75, 3.05) is 18.5 Å². The number of nitrogens with one attached hydrogen (secondary N) is 1. The number of unbranched alkanes of at least 4 members (excludes halogenated alkanes) is 2. The van der Waals surface area contributed by atoms with E-state index < -0.39 is 0 Å². The average Bonchev–Trinajstić information content (AvgIpc) is 2.37. The minimum absolute atomic E-state index is 0.499. The van der Waals surface area contributed by atoms with Gasteiger partial charge in [-0.25, -0.2) is 4.98 Å². The Morgan fingerprint density at radius 2 is 2.00 bits per heavy atom. The van der Waals surface area contributed by atoms with E-state index in [-0.39, 0.29) is 0 Å². The summed E-state index contributed by atoms with van der Waals surface area (Å²) < 4.78 is 0. The van der Waals surface area contributed by atoms with Crippen LogP contribution in [0.15, 0.2) is 12.1 Å². The van der Waals surface area contributed by atoms with E-state index in [1.165, 1.54) is 24.8 Å². The van der Waals surface area contributed by atoms with E-state index in [1.54, 1.807) is 0 Å². The lowest BCUT2D eigenvalue weighted by atomic mass is 10.1. The van der Waals surface area contributed by atoms with Gasteiger partial charge >= 0.3 is 0 Å². The third kappa shape index (κ3) is 4.83. The second kappa shape index (κ2) is 8.16. The van der Waals surface area contributed by atoms with Crippen LogP contribution in [0, 0.1) is 6.92 Å². The number of rotatable bonds is 8. The van der Waals surface area contributed by atoms with Crippen molar-refractivity contribution in [3.05, 3.63) is 23.4 Å². The molecule has 0 radical (unpaired) electrons. The van der Waals surface area contributed by atoms with Crippen molar-refractivity contribution >= 4 is 5.82 Å². The summed E-state index contributed by atoms with van der Waals surface area (Å²) in [6.07, 6.45) is 3.80. The van der Waals surface area contributed by atoms with Crippen LogP contribution in [0.25, 0.3) is 0 Å². The van der Waals surface area contributed by atoms with E-state index in [4.69, 9.17) is 4.98 Å². The van der Waals surface area contributed by atoms with Crippen LogP contribution in [0.5, 0.6) is 0 Å². The number of hydrogen-bond acceptors (Lipinski definition) is 3. The molecule has 0 spiro atoms. The van der Waals surface area contributed by atoms with Gasteiger partial charge in [0.2, 0.25) is 0 Å². The maximum Gasteiger partial charge on any atom is 0.129 e. The van der Waals surface area contributed by atoms with Crippen molar-refractivity contribution < 1.29 is 0 Å². The second-order valence-electron chi connectivity index (χ2n) is 5.44. The van der Waals surface area contributed by atoms with Gasteiger partial charge in [-0.1, -0.05) is 25.8 Å². The minimum atomic E-state index is 0.499. The van der Waals surface area contributed by atoms with Gasteiger partial charge in [-0.2, -0.15) is 0 Å². The third-order valence-corrected chi connectivity index (χ3v) is 3.47. The van der Waals surface area contributed by atoms with Gasteiger partial charge in [0.05, 0.1) is 0 Å². The molecule has 19 heavy (non-hydrogen) atoms. The Kier molecular flexibility index (Phi) is 6.85. The lowest BCUT2D eigenvalue weighted by Crippen LogP contribution is -2.32. The molecule has 0 amide bonds. The maximum atomic E-state index is 4.78. The summed E-state index contributed by atoms with van der Waals surface area (Å²) in [6.45, 7) is 10.8. The number of hydrogen-bond donors (Lipinski definition) is 1. The smallest absolute Gasteiger partial charge is 0.129 e. The predicted molar refractivity (Wildman–Crippen MR) is 83.7 cm³/mol. The normalized spacial score (nSPS) is 11.1. The van der Waals surface area contributed by atoms with Gasteiger partial charge < -0.3 is 10.2 Å². The molecule has 3 heteroatoms. The molecule has 0 aliphatic heterocycles. The van der Waals surface area contributed by atoms with E-state index in [0.717, 1.165) is 24.6 Å². The molecule has 3 nitrogen and oxygen atoms in total. The summed E-state index contributed by atoms with van der Waals surface area (Å²) in [6, 6.07) is 4.86. The highest BCUT2D eigenvalue weighted by Crippen LogP contribution is 2.18. The monoisotopic (exact) mass is 263 g/mol. The molecule has 1 aromatic heterocycles. The first-order valence-corrected chi connectivity index (χ1v) is 7.47. The van der Waals surface area contributed by atoms with E-state index in [0.29, 0.717) is 6.04 Å². The summed E-state index contributed by atoms with van der Waals surface area (Å²) in [5.41, 5.74) is 2.41. The second-order valence-corrected chi connectivity index (χ2v) is 5.44. The zero-order valence-corrected chi connectivity index (χ0v) is 13.2. The number of aromatic nitrogens is 1. The van der Waals surface area contributed by atoms with E-state index >= 15 is 0 Å². The number of nitrogens with zero attached hydrogens (tertiary/aromatic N) is 2. The van der Waals surface area contributed by atoms with Crippen LogP contribution < -0.4 is 10.2 Å². The molecule has 0 aliphatic rings. The first kappa shape index (κ1) is 16.0. The zero-order chi connectivity index (χ0) is 14.3. The van der Waals surface area contributed by atoms with Crippen molar-refractivity contribution in [1.82, 2.24) is 10.3 Å². The summed E-state index contributed by atoms with van der Waals surface area (Å²) in [4.78, 5) is 7.19. The fourth-order valence-corrected chi connectivity index (χ4v) is 2.28. The summed E-state index contributed by atoms with van der Waals surface area (Å²) in [5, 5.41) is 3.18. The standard InChI is InChI=1S/C16H29N3/c1-6-7-8-11-19(13(2)3)16-10-9-15(12-17-5)14(4)18-16/h9-10,13,17H,6-8,11-12H2,1-5H3. The number of pyridine rings is 1. The van der Waals surface area contributed by atoms with E-state index in [1.807, 2.05) is 7.05 Å². The summed E-state index contributed by atoms with van der Waals surface area (Å²) in [7, 11) is 1.97. The summed E-state index contributed by atoms with van der Waals surface area (Å²) >= 11 is 0. The molecule has 108 valence electrons. The Labute approximate surface area is 118 Å². The first-order chi connectivity index (χ1) is 9.10. The van der Waals surface area contributed by atoms with Gasteiger partial charge in [0.15, 0.2) is 0 Å². The van der Waals surface area contributed by atoms with Crippen molar-refractivity contribution in [2.24, 2.45) is 0 Å². The van der Waals surface area contributed by atoms with Crippen molar-refractivity contribution in [1.29, 1.82) is 0 Å². The molecule has 0 aliphatic carbocycles. The maximum absolute atomic E-state index is 4.78. The summed E-state index contributed by atoms with van der Waals surface area (Å²) in [5.74, 6) is 1.11. The molecular formula is C16H29N3. The minimum Gasteiger partial charge on any atom is -0.354 e. The molecule has 0 bridgehead atoms. The van der Waals surface area contributed by atoms with E-state index in [2.05, 4.69) is 50.0 Å². The highest BCUT2D eigenvalue weighted by molar-refractivity contribution is 5.42. The van der Waals surface area contributed by atoms with Gasteiger partial charge in [0, 0.05) is 24.8 Å². The lowest BCUT2D eigenvalue weighted by Gasteiger charge is -2.28. The quantitative estimate of drug-likeness (QED) is 0.727. The Bertz CT molecular complexity index is 374. The van der Waals surface area contributed by atoms with Crippen LogP contribution in [0.4, 0.5) is 5.82 Å². The fraction of sp³-hybridized carbons (Fsp3) is 0.688. The Hall–Kier alpha value is -1.09. The van der Waals surface area contributed by atoms with Gasteiger partial charge in [-0.15, -0.1) is 0 Å². The van der Waals surface area contributed by atoms with Crippen molar-refractivity contribution in [3.63, 3.8) is 0 Å². The molecule has 0 fully saturated rings. The average molecular weight is 263 g/mol. The van der Waals surface area contributed by atoms with Crippen LogP contribution >= 0.6 is 0 Å². The largest absolute Gasteiger partial charge is 0.354 e. The number of aryl methyl sites for hydroxylation is 1. The molecule has 1 rings (SSSR count). The molecule has 1 N–H and O–H groups in total. The van der Waals surface area contributed by atoms with Crippen molar-refractivity contribution in [2.45, 2.75) is 59.5 Å². The van der Waals surface area contributed by atoms with Crippen LogP contribution in [-0.4, -0.2) is 24.6 Å². The van der Waals surface area contributed by atoms with Gasteiger partial charge in [-0.05, 0) is 45.9 Å². The molecule has 0 unspecified atom stereocenters. The van der Waals surface area contributed by atoms with E-state index in [9.17, 15) is 0 Å². The Morgan fingerprint density at radius 1 is 1.26 bits per heavy atom. The molecule has 0 saturated carbocycles. The highest BCUT2D eigenvalue weighted by Gasteiger charge is 2.12. The van der Waals surface area contributed by atoms with Crippen LogP contribution in [-0.2, 0) is 6.54 Å². The van der Waals surface area contributed by atoms with Crippen molar-refractivity contribution in [3.8, 4) is 0 Å². The van der Waals surface area contributed by atoms with Crippen LogP contribution in [0.3, 0.4) is 0 Å². The van der Waals surface area contributed by atoms with Gasteiger partial charge in [-0.3, -0.25) is 0 Å². The van der Waals surface area contributed by atoms with Gasteiger partial charge in [0.25, 0.3) is 0 Å². The molecular weight excluding hydrogens is 234 g/mol. The highest BCUT2D eigenvalue weighted by atomic mass is 15.2. The lowest BCUT2D eigenvalue weighted by molar-refractivity contribution is 0.618. The Balaban J connectivity index is 2.81. The zero-order valence-electron chi connectivity index (χ0n) is 13.2. The van der Waals surface area contributed by atoms with Crippen LogP contribution in [0.1, 0.15) is 51.3 Å².